The number of ether oxygens (including phenoxy) is 2. The summed E-state index contributed by atoms with van der Waals surface area (Å²) in [7, 11) is 3.20. The van der Waals surface area contributed by atoms with E-state index in [0.717, 1.165) is 31.5 Å². The third-order valence-corrected chi connectivity index (χ3v) is 5.54. The number of guanidine groups is 1. The van der Waals surface area contributed by atoms with Crippen LogP contribution in [0.15, 0.2) is 23.2 Å². The molecular formula is C21H35IN4O3. The summed E-state index contributed by atoms with van der Waals surface area (Å²) < 4.78 is 10.6. The third kappa shape index (κ3) is 6.36. The van der Waals surface area contributed by atoms with Gasteiger partial charge in [0, 0.05) is 36.8 Å². The number of methoxy groups -OCH3 is 2. The second-order valence-electron chi connectivity index (χ2n) is 7.70. The maximum atomic E-state index is 10.7. The van der Waals surface area contributed by atoms with Crippen LogP contribution < -0.4 is 20.1 Å². The zero-order chi connectivity index (χ0) is 20.1. The monoisotopic (exact) mass is 518 g/mol. The van der Waals surface area contributed by atoms with Crippen LogP contribution in [-0.2, 0) is 0 Å². The number of aliphatic hydroxyl groups is 1. The third-order valence-electron chi connectivity index (χ3n) is 5.54. The summed E-state index contributed by atoms with van der Waals surface area (Å²) in [5.41, 5.74) is 0.677. The molecule has 3 rings (SSSR count). The van der Waals surface area contributed by atoms with Crippen LogP contribution in [0.4, 0.5) is 0 Å². The fourth-order valence-corrected chi connectivity index (χ4v) is 3.97. The Hall–Kier alpha value is -1.26. The zero-order valence-corrected chi connectivity index (χ0v) is 20.2. The molecule has 1 aromatic carbocycles. The van der Waals surface area contributed by atoms with E-state index in [1.54, 1.807) is 26.4 Å². The van der Waals surface area contributed by atoms with Crippen molar-refractivity contribution in [1.82, 2.24) is 15.5 Å². The minimum absolute atomic E-state index is 0. The molecule has 8 heteroatoms. The molecule has 1 saturated heterocycles. The Kier molecular flexibility index (Phi) is 9.29. The minimum Gasteiger partial charge on any atom is -0.497 e. The molecule has 1 saturated carbocycles. The summed E-state index contributed by atoms with van der Waals surface area (Å²) in [5, 5.41) is 17.5. The summed E-state index contributed by atoms with van der Waals surface area (Å²) in [4.78, 5) is 7.23. The van der Waals surface area contributed by atoms with E-state index in [4.69, 9.17) is 9.47 Å². The van der Waals surface area contributed by atoms with Crippen LogP contribution in [-0.4, -0.2) is 67.9 Å². The Morgan fingerprint density at radius 2 is 2.07 bits per heavy atom. The summed E-state index contributed by atoms with van der Waals surface area (Å²) in [6.07, 6.45) is 3.01. The van der Waals surface area contributed by atoms with Crippen LogP contribution >= 0.6 is 24.0 Å². The van der Waals surface area contributed by atoms with Gasteiger partial charge in [0.1, 0.15) is 17.6 Å². The van der Waals surface area contributed by atoms with Crippen molar-refractivity contribution in [2.24, 2.45) is 4.99 Å². The average Bonchev–Trinajstić information content (AvgIpc) is 3.48. The largest absolute Gasteiger partial charge is 0.497 e. The van der Waals surface area contributed by atoms with E-state index < -0.39 is 6.10 Å². The molecule has 0 bridgehead atoms. The van der Waals surface area contributed by atoms with Gasteiger partial charge >= 0.3 is 0 Å². The lowest BCUT2D eigenvalue weighted by Gasteiger charge is -2.20. The number of aliphatic imine (C=N–C) groups is 1. The number of aliphatic hydroxyl groups excluding tert-OH is 1. The molecule has 2 aliphatic rings. The van der Waals surface area contributed by atoms with Crippen molar-refractivity contribution in [2.75, 3.05) is 33.9 Å². The molecule has 7 nitrogen and oxygen atoms in total. The number of hydrogen-bond donors (Lipinski definition) is 3. The average molecular weight is 518 g/mol. The second-order valence-corrected chi connectivity index (χ2v) is 7.70. The van der Waals surface area contributed by atoms with E-state index in [1.165, 1.54) is 12.8 Å². The fourth-order valence-electron chi connectivity index (χ4n) is 3.97. The molecule has 29 heavy (non-hydrogen) atoms. The Bertz CT molecular complexity index is 684. The number of rotatable bonds is 8. The number of nitrogens with zero attached hydrogens (tertiary/aromatic N) is 2. The molecule has 0 aromatic heterocycles. The number of halogens is 1. The first-order valence-electron chi connectivity index (χ1n) is 10.3. The highest BCUT2D eigenvalue weighted by Crippen LogP contribution is 2.33. The lowest BCUT2D eigenvalue weighted by Crippen LogP contribution is -2.45. The fraction of sp³-hybridized carbons (Fsp3) is 0.667. The van der Waals surface area contributed by atoms with Crippen molar-refractivity contribution in [3.63, 3.8) is 0 Å². The molecular weight excluding hydrogens is 483 g/mol. The van der Waals surface area contributed by atoms with Crippen LogP contribution in [0.2, 0.25) is 0 Å². The van der Waals surface area contributed by atoms with Gasteiger partial charge in [-0.2, -0.15) is 0 Å². The Balaban J connectivity index is 0.00000300. The first kappa shape index (κ1) is 24.0. The highest BCUT2D eigenvalue weighted by Gasteiger charge is 2.38. The quantitative estimate of drug-likeness (QED) is 0.279. The molecule has 0 spiro atoms. The highest BCUT2D eigenvalue weighted by molar-refractivity contribution is 14.0. The minimum atomic E-state index is -0.772. The topological polar surface area (TPSA) is 78.4 Å². The van der Waals surface area contributed by atoms with Crippen LogP contribution in [0.5, 0.6) is 11.5 Å². The van der Waals surface area contributed by atoms with E-state index in [0.29, 0.717) is 29.1 Å². The molecule has 0 amide bonds. The Labute approximate surface area is 191 Å². The normalized spacial score (nSPS) is 23.3. The maximum Gasteiger partial charge on any atom is 0.191 e. The lowest BCUT2D eigenvalue weighted by atomic mass is 10.1. The number of nitrogens with one attached hydrogen (secondary N) is 2. The standard InChI is InChI=1S/C21H34N4O3.HI/c1-5-22-21(24-15-10-14(2)25(13-15)16-6-7-16)23-12-19(26)18-11-17(27-3)8-9-20(18)28-4;/h8-9,11,14-16,19,26H,5-7,10,12-13H2,1-4H3,(H2,22,23,24);1H. The van der Waals surface area contributed by atoms with E-state index in [-0.39, 0.29) is 30.5 Å². The van der Waals surface area contributed by atoms with Gasteiger partial charge in [0.15, 0.2) is 5.96 Å². The van der Waals surface area contributed by atoms with Gasteiger partial charge in [-0.3, -0.25) is 9.89 Å². The van der Waals surface area contributed by atoms with Gasteiger partial charge in [0.25, 0.3) is 0 Å². The summed E-state index contributed by atoms with van der Waals surface area (Å²) in [6, 6.07) is 7.19. The van der Waals surface area contributed by atoms with Crippen LogP contribution in [0.3, 0.4) is 0 Å². The van der Waals surface area contributed by atoms with Gasteiger partial charge in [-0.05, 0) is 51.3 Å². The van der Waals surface area contributed by atoms with E-state index >= 15 is 0 Å². The summed E-state index contributed by atoms with van der Waals surface area (Å²) in [5.74, 6) is 2.06. The maximum absolute atomic E-state index is 10.7. The first-order chi connectivity index (χ1) is 13.5. The van der Waals surface area contributed by atoms with Crippen molar-refractivity contribution >= 4 is 29.9 Å². The van der Waals surface area contributed by atoms with E-state index in [9.17, 15) is 5.11 Å². The van der Waals surface area contributed by atoms with Gasteiger partial charge in [-0.15, -0.1) is 24.0 Å². The van der Waals surface area contributed by atoms with Crippen molar-refractivity contribution in [1.29, 1.82) is 0 Å². The van der Waals surface area contributed by atoms with Crippen molar-refractivity contribution in [3.8, 4) is 11.5 Å². The molecule has 1 heterocycles. The van der Waals surface area contributed by atoms with Crippen LogP contribution in [0, 0.1) is 0 Å². The van der Waals surface area contributed by atoms with Crippen LogP contribution in [0.25, 0.3) is 0 Å². The molecule has 3 atom stereocenters. The molecule has 3 N–H and O–H groups in total. The SMILES string of the molecule is CCNC(=NCC(O)c1cc(OC)ccc1OC)NC1CC(C)N(C2CC2)C1.I. The van der Waals surface area contributed by atoms with Crippen molar-refractivity contribution in [2.45, 2.75) is 57.3 Å². The zero-order valence-electron chi connectivity index (χ0n) is 17.9. The van der Waals surface area contributed by atoms with Crippen molar-refractivity contribution < 1.29 is 14.6 Å². The molecule has 2 fully saturated rings. The van der Waals surface area contributed by atoms with Gasteiger partial charge in [0.2, 0.25) is 0 Å². The molecule has 0 radical (unpaired) electrons. The van der Waals surface area contributed by atoms with Gasteiger partial charge in [-0.25, -0.2) is 0 Å². The summed E-state index contributed by atoms with van der Waals surface area (Å²) in [6.45, 7) is 6.43. The Morgan fingerprint density at radius 1 is 1.31 bits per heavy atom. The number of likely N-dealkylation sites (tertiary alicyclic amines) is 1. The molecule has 164 valence electrons. The smallest absolute Gasteiger partial charge is 0.191 e. The van der Waals surface area contributed by atoms with Gasteiger partial charge < -0.3 is 25.2 Å². The summed E-state index contributed by atoms with van der Waals surface area (Å²) >= 11 is 0. The van der Waals surface area contributed by atoms with Crippen molar-refractivity contribution in [3.05, 3.63) is 23.8 Å². The molecule has 1 aromatic rings. The molecule has 3 unspecified atom stereocenters. The second kappa shape index (κ2) is 11.2. The number of hydrogen-bond acceptors (Lipinski definition) is 5. The van der Waals surface area contributed by atoms with Gasteiger partial charge in [-0.1, -0.05) is 0 Å². The predicted octanol–water partition coefficient (Wildman–Crippen LogP) is 2.54. The van der Waals surface area contributed by atoms with E-state index in [1.807, 2.05) is 13.0 Å². The van der Waals surface area contributed by atoms with Crippen LogP contribution in [0.1, 0.15) is 44.8 Å². The Morgan fingerprint density at radius 3 is 2.69 bits per heavy atom. The molecule has 1 aliphatic carbocycles. The highest BCUT2D eigenvalue weighted by atomic mass is 127. The molecule has 1 aliphatic heterocycles. The van der Waals surface area contributed by atoms with Gasteiger partial charge in [0.05, 0.1) is 20.8 Å². The lowest BCUT2D eigenvalue weighted by molar-refractivity contribution is 0.182. The number of benzene rings is 1. The first-order valence-corrected chi connectivity index (χ1v) is 10.3. The predicted molar refractivity (Wildman–Crippen MR) is 127 cm³/mol. The van der Waals surface area contributed by atoms with E-state index in [2.05, 4.69) is 27.4 Å².